The lowest BCUT2D eigenvalue weighted by Gasteiger charge is -2.14. The van der Waals surface area contributed by atoms with Crippen molar-refractivity contribution < 1.29 is 0 Å². The van der Waals surface area contributed by atoms with Gasteiger partial charge in [0.1, 0.15) is 12.4 Å². The smallest absolute Gasteiger partial charge is 0.191 e. The quantitative estimate of drug-likeness (QED) is 0.399. The van der Waals surface area contributed by atoms with Crippen LogP contribution in [0.5, 0.6) is 0 Å². The molecule has 6 nitrogen and oxygen atoms in total. The summed E-state index contributed by atoms with van der Waals surface area (Å²) in [6.07, 6.45) is 7.44. The van der Waals surface area contributed by atoms with Crippen molar-refractivity contribution in [2.75, 3.05) is 18.8 Å². The number of nitrogens with one attached hydrogen (secondary N) is 2. The van der Waals surface area contributed by atoms with Gasteiger partial charge in [0.05, 0.1) is 0 Å². The van der Waals surface area contributed by atoms with E-state index in [0.717, 1.165) is 48.9 Å². The highest BCUT2D eigenvalue weighted by Gasteiger charge is 2.16. The maximum Gasteiger partial charge on any atom is 0.191 e. The maximum atomic E-state index is 4.72. The van der Waals surface area contributed by atoms with Gasteiger partial charge in [-0.2, -0.15) is 11.8 Å². The monoisotopic (exact) mass is 464 g/mol. The van der Waals surface area contributed by atoms with Gasteiger partial charge in [0.25, 0.3) is 0 Å². The summed E-state index contributed by atoms with van der Waals surface area (Å²) in [5.74, 6) is 4.32. The number of guanidine groups is 1. The van der Waals surface area contributed by atoms with Crippen LogP contribution >= 0.6 is 35.7 Å². The number of fused-ring (bicyclic) bond motifs is 1. The van der Waals surface area contributed by atoms with Gasteiger partial charge in [-0.25, -0.2) is 4.99 Å². The zero-order valence-corrected chi connectivity index (χ0v) is 17.6. The molecule has 0 saturated carbocycles. The molecule has 3 heterocycles. The van der Waals surface area contributed by atoms with E-state index in [2.05, 4.69) is 44.1 Å². The summed E-state index contributed by atoms with van der Waals surface area (Å²) < 4.78 is 2.27. The van der Waals surface area contributed by atoms with E-state index in [0.29, 0.717) is 6.54 Å². The predicted octanol–water partition coefficient (Wildman–Crippen LogP) is 2.57. The fourth-order valence-electron chi connectivity index (χ4n) is 3.17. The molecule has 0 aromatic carbocycles. The Bertz CT molecular complexity index is 527. The largest absolute Gasteiger partial charge is 0.357 e. The fraction of sp³-hybridized carbons (Fsp3) is 0.812. The van der Waals surface area contributed by atoms with Gasteiger partial charge in [0.15, 0.2) is 11.8 Å². The number of halogens is 1. The van der Waals surface area contributed by atoms with Crippen molar-refractivity contribution in [2.24, 2.45) is 4.99 Å². The highest BCUT2D eigenvalue weighted by atomic mass is 127. The number of rotatable bonds is 5. The lowest BCUT2D eigenvalue weighted by Crippen LogP contribution is -2.40. The van der Waals surface area contributed by atoms with Crippen LogP contribution in [0.3, 0.4) is 0 Å². The van der Waals surface area contributed by atoms with Gasteiger partial charge in [-0.3, -0.25) is 0 Å². The molecule has 136 valence electrons. The number of nitrogens with zero attached hydrogens (tertiary/aromatic N) is 4. The molecule has 2 aliphatic heterocycles. The number of hydrogen-bond acceptors (Lipinski definition) is 4. The minimum absolute atomic E-state index is 0. The van der Waals surface area contributed by atoms with Crippen LogP contribution < -0.4 is 10.6 Å². The average Bonchev–Trinajstić information content (AvgIpc) is 3.15. The van der Waals surface area contributed by atoms with Crippen LogP contribution in [0.15, 0.2) is 4.99 Å². The van der Waals surface area contributed by atoms with Crippen LogP contribution in [0.4, 0.5) is 0 Å². The summed E-state index contributed by atoms with van der Waals surface area (Å²) in [5, 5.41) is 16.2. The highest BCUT2D eigenvalue weighted by molar-refractivity contribution is 14.0. The van der Waals surface area contributed by atoms with Crippen molar-refractivity contribution in [2.45, 2.75) is 63.8 Å². The van der Waals surface area contributed by atoms with Crippen LogP contribution in [0, 0.1) is 0 Å². The first-order chi connectivity index (χ1) is 11.4. The zero-order chi connectivity index (χ0) is 15.9. The number of hydrogen-bond donors (Lipinski definition) is 2. The summed E-state index contributed by atoms with van der Waals surface area (Å²) in [6.45, 7) is 5.61. The molecule has 3 rings (SSSR count). The van der Waals surface area contributed by atoms with Gasteiger partial charge >= 0.3 is 0 Å². The molecule has 1 atom stereocenters. The lowest BCUT2D eigenvalue weighted by atomic mass is 10.2. The maximum absolute atomic E-state index is 4.72. The Labute approximate surface area is 166 Å². The minimum Gasteiger partial charge on any atom is -0.357 e. The number of thioether (sulfide) groups is 1. The summed E-state index contributed by atoms with van der Waals surface area (Å²) in [6, 6.07) is 0. The molecular weight excluding hydrogens is 435 g/mol. The molecule has 0 amide bonds. The summed E-state index contributed by atoms with van der Waals surface area (Å²) in [5.41, 5.74) is 0. The second kappa shape index (κ2) is 10.5. The summed E-state index contributed by atoms with van der Waals surface area (Å²) in [7, 11) is 0. The third kappa shape index (κ3) is 5.50. The number of aryl methyl sites for hydroxylation is 1. The average molecular weight is 464 g/mol. The predicted molar refractivity (Wildman–Crippen MR) is 111 cm³/mol. The van der Waals surface area contributed by atoms with Crippen molar-refractivity contribution in [1.29, 1.82) is 0 Å². The van der Waals surface area contributed by atoms with Crippen LogP contribution in [0.1, 0.15) is 50.7 Å². The Balaban J connectivity index is 0.00000208. The Hall–Kier alpha value is -0.510. The molecule has 2 N–H and O–H groups in total. The third-order valence-electron chi connectivity index (χ3n) is 4.43. The van der Waals surface area contributed by atoms with E-state index in [1.165, 1.54) is 37.9 Å². The first kappa shape index (κ1) is 19.8. The minimum atomic E-state index is 0. The number of aromatic nitrogens is 3. The second-order valence-corrected chi connectivity index (χ2v) is 7.61. The Morgan fingerprint density at radius 1 is 1.25 bits per heavy atom. The van der Waals surface area contributed by atoms with Gasteiger partial charge in [-0.15, -0.1) is 34.2 Å². The second-order valence-electron chi connectivity index (χ2n) is 6.21. The lowest BCUT2D eigenvalue weighted by molar-refractivity contribution is 0.605. The summed E-state index contributed by atoms with van der Waals surface area (Å²) in [4.78, 5) is 4.72. The van der Waals surface area contributed by atoms with E-state index in [9.17, 15) is 0 Å². The molecule has 0 bridgehead atoms. The van der Waals surface area contributed by atoms with E-state index < -0.39 is 0 Å². The Kier molecular flexibility index (Phi) is 8.65. The number of aliphatic imine (C=N–C) groups is 1. The van der Waals surface area contributed by atoms with Crippen molar-refractivity contribution in [1.82, 2.24) is 25.4 Å². The molecule has 1 aromatic rings. The molecule has 1 unspecified atom stereocenters. The molecule has 8 heteroatoms. The molecule has 1 saturated heterocycles. The molecule has 0 spiro atoms. The van der Waals surface area contributed by atoms with Crippen molar-refractivity contribution in [3.05, 3.63) is 11.6 Å². The van der Waals surface area contributed by atoms with Crippen LogP contribution in [-0.2, 0) is 19.5 Å². The fourth-order valence-corrected chi connectivity index (χ4v) is 4.37. The van der Waals surface area contributed by atoms with E-state index >= 15 is 0 Å². The van der Waals surface area contributed by atoms with Crippen molar-refractivity contribution in [3.8, 4) is 0 Å². The standard InChI is InChI=1S/C16H28N6S.HI/c1-2-17-16(18-11-13-7-6-10-23-13)19-12-15-21-20-14-8-4-3-5-9-22(14)15;/h13H,2-12H2,1H3,(H2,17,18,19);1H. The molecule has 2 aliphatic rings. The van der Waals surface area contributed by atoms with Gasteiger partial charge in [-0.05, 0) is 38.4 Å². The van der Waals surface area contributed by atoms with Crippen LogP contribution in [0.2, 0.25) is 0 Å². The normalized spacial score (nSPS) is 20.9. The van der Waals surface area contributed by atoms with E-state index in [4.69, 9.17) is 4.99 Å². The van der Waals surface area contributed by atoms with Crippen molar-refractivity contribution in [3.63, 3.8) is 0 Å². The topological polar surface area (TPSA) is 67.1 Å². The molecular formula is C16H29IN6S. The highest BCUT2D eigenvalue weighted by Crippen LogP contribution is 2.25. The van der Waals surface area contributed by atoms with Crippen LogP contribution in [0.25, 0.3) is 0 Å². The Morgan fingerprint density at radius 3 is 2.96 bits per heavy atom. The van der Waals surface area contributed by atoms with Crippen molar-refractivity contribution >= 4 is 41.7 Å². The van der Waals surface area contributed by atoms with Gasteiger partial charge in [0.2, 0.25) is 0 Å². The van der Waals surface area contributed by atoms with E-state index in [1.807, 2.05) is 0 Å². The zero-order valence-electron chi connectivity index (χ0n) is 14.5. The Morgan fingerprint density at radius 2 is 2.17 bits per heavy atom. The molecule has 24 heavy (non-hydrogen) atoms. The van der Waals surface area contributed by atoms with E-state index in [-0.39, 0.29) is 24.0 Å². The van der Waals surface area contributed by atoms with Gasteiger partial charge < -0.3 is 15.2 Å². The van der Waals surface area contributed by atoms with Crippen LogP contribution in [-0.4, -0.2) is 44.8 Å². The van der Waals surface area contributed by atoms with Gasteiger partial charge in [-0.1, -0.05) is 6.42 Å². The molecule has 0 aliphatic carbocycles. The first-order valence-electron chi connectivity index (χ1n) is 8.91. The van der Waals surface area contributed by atoms with Gasteiger partial charge in [0, 0.05) is 31.3 Å². The molecule has 1 fully saturated rings. The molecule has 1 aromatic heterocycles. The summed E-state index contributed by atoms with van der Waals surface area (Å²) >= 11 is 2.07. The first-order valence-corrected chi connectivity index (χ1v) is 9.96. The van der Waals surface area contributed by atoms with E-state index in [1.54, 1.807) is 0 Å². The SMILES string of the molecule is CCNC(=NCc1nnc2n1CCCCC2)NCC1CCCS1.I. The molecule has 0 radical (unpaired) electrons. The third-order valence-corrected chi connectivity index (χ3v) is 5.83.